The maximum absolute atomic E-state index is 12.9. The van der Waals surface area contributed by atoms with Gasteiger partial charge in [-0.3, -0.25) is 9.69 Å². The van der Waals surface area contributed by atoms with Crippen molar-refractivity contribution in [2.24, 2.45) is 0 Å². The molecule has 0 spiro atoms. The highest BCUT2D eigenvalue weighted by molar-refractivity contribution is 6.30. The summed E-state index contributed by atoms with van der Waals surface area (Å²) in [6.07, 6.45) is 0. The summed E-state index contributed by atoms with van der Waals surface area (Å²) in [5.74, 6) is 0.168. The predicted octanol–water partition coefficient (Wildman–Crippen LogP) is 3.42. The van der Waals surface area contributed by atoms with E-state index in [0.29, 0.717) is 47.7 Å². The third-order valence-electron chi connectivity index (χ3n) is 5.58. The molecule has 4 rings (SSSR count). The lowest BCUT2D eigenvalue weighted by Crippen LogP contribution is -2.74. The highest BCUT2D eigenvalue weighted by atomic mass is 35.5. The number of hydrogen-bond donors (Lipinski definition) is 2. The fourth-order valence-corrected chi connectivity index (χ4v) is 4.17. The van der Waals surface area contributed by atoms with Gasteiger partial charge in [-0.2, -0.15) is 5.48 Å². The molecule has 31 heavy (non-hydrogen) atoms. The average Bonchev–Trinajstić information content (AvgIpc) is 3.17. The third-order valence-corrected chi connectivity index (χ3v) is 6.08. The normalized spacial score (nSPS) is 14.9. The summed E-state index contributed by atoms with van der Waals surface area (Å²) in [5.41, 5.74) is 3.58. The lowest BCUT2D eigenvalue weighted by molar-refractivity contribution is -0.826. The van der Waals surface area contributed by atoms with E-state index in [9.17, 15) is 10.0 Å². The molecule has 0 saturated carbocycles. The number of nitrogens with two attached hydrogens (primary N) is 1. The Kier molecular flexibility index (Phi) is 6.60. The minimum absolute atomic E-state index is 0.0161. The molecule has 7 nitrogen and oxygen atoms in total. The molecule has 1 aromatic heterocycles. The Morgan fingerprint density at radius 2 is 1.52 bits per heavy atom. The van der Waals surface area contributed by atoms with E-state index in [-0.39, 0.29) is 17.6 Å². The smallest absolute Gasteiger partial charge is 0.282 e. The quantitative estimate of drug-likeness (QED) is 0.568. The molecule has 1 aliphatic heterocycles. The van der Waals surface area contributed by atoms with E-state index < -0.39 is 0 Å². The molecule has 2 aromatic carbocycles. The van der Waals surface area contributed by atoms with Gasteiger partial charge in [-0.25, -0.2) is 5.21 Å². The van der Waals surface area contributed by atoms with E-state index in [1.54, 1.807) is 11.8 Å². The van der Waals surface area contributed by atoms with Gasteiger partial charge in [-0.15, -0.1) is 0 Å². The fraction of sp³-hybridized carbons (Fsp3) is 0.273. The van der Waals surface area contributed by atoms with Gasteiger partial charge in [0.05, 0.1) is 6.04 Å². The molecule has 9 heteroatoms. The molecule has 1 amide bonds. The number of carbonyl (C=O) groups is 1. The molecule has 3 aromatic rings. The number of aromatic nitrogens is 1. The molecule has 0 atom stereocenters. The van der Waals surface area contributed by atoms with Crippen molar-refractivity contribution < 1.29 is 20.0 Å². The minimum atomic E-state index is -0.244. The summed E-state index contributed by atoms with van der Waals surface area (Å²) < 4.78 is 5.07. The standard InChI is InChI=1S/C22H22Cl2N4O3/c1-14-19(25-30)20(26-31-14)22(29)28-12-10-27(11-13-28)21(15-2-6-17(23)7-3-15)16-4-8-18(24)9-5-16/h2-9,21,25,30H,10-13H2,1H3/p+1. The van der Waals surface area contributed by atoms with Crippen molar-refractivity contribution in [2.75, 3.05) is 26.2 Å². The van der Waals surface area contributed by atoms with Crippen LogP contribution in [0.25, 0.3) is 0 Å². The van der Waals surface area contributed by atoms with Crippen LogP contribution in [0, 0.1) is 6.92 Å². The summed E-state index contributed by atoms with van der Waals surface area (Å²) in [4.78, 5) is 17.0. The van der Waals surface area contributed by atoms with Gasteiger partial charge in [0.2, 0.25) is 11.4 Å². The van der Waals surface area contributed by atoms with Crippen LogP contribution in [0.15, 0.2) is 53.1 Å². The summed E-state index contributed by atoms with van der Waals surface area (Å²) in [5, 5.41) is 14.6. The first-order valence-electron chi connectivity index (χ1n) is 9.96. The van der Waals surface area contributed by atoms with Gasteiger partial charge in [0.1, 0.15) is 0 Å². The molecule has 2 heterocycles. The molecule has 0 radical (unpaired) electrons. The molecule has 3 N–H and O–H groups in total. The molecule has 0 bridgehead atoms. The van der Waals surface area contributed by atoms with Gasteiger partial charge >= 0.3 is 0 Å². The van der Waals surface area contributed by atoms with Crippen LogP contribution in [0.2, 0.25) is 10.0 Å². The summed E-state index contributed by atoms with van der Waals surface area (Å²) >= 11 is 12.2. The lowest BCUT2D eigenvalue weighted by atomic mass is 9.96. The number of rotatable bonds is 5. The van der Waals surface area contributed by atoms with Crippen LogP contribution < -0.4 is 5.48 Å². The minimum Gasteiger partial charge on any atom is -0.354 e. The second kappa shape index (κ2) is 9.38. The first kappa shape index (κ1) is 21.8. The fourth-order valence-electron chi connectivity index (χ4n) is 3.92. The van der Waals surface area contributed by atoms with Gasteiger partial charge in [0.15, 0.2) is 5.76 Å². The summed E-state index contributed by atoms with van der Waals surface area (Å²) in [6.45, 7) is 4.08. The van der Waals surface area contributed by atoms with Gasteiger partial charge < -0.3 is 9.42 Å². The molecule has 0 aliphatic carbocycles. The topological polar surface area (TPSA) is 86.4 Å². The second-order valence-corrected chi connectivity index (χ2v) is 8.34. The van der Waals surface area contributed by atoms with E-state index in [4.69, 9.17) is 27.7 Å². The SMILES string of the molecule is Cc1onc(C(=O)N2CCN(C(c3ccc(Cl)cc3)c3ccc(Cl)cc3)CC2)c1[NH2+]O. The van der Waals surface area contributed by atoms with E-state index in [1.807, 2.05) is 48.5 Å². The van der Waals surface area contributed by atoms with Crippen LogP contribution in [-0.2, 0) is 0 Å². The van der Waals surface area contributed by atoms with Crippen LogP contribution in [0.4, 0.5) is 5.69 Å². The first-order chi connectivity index (χ1) is 15.0. The van der Waals surface area contributed by atoms with Gasteiger partial charge in [-0.05, 0) is 35.4 Å². The Morgan fingerprint density at radius 1 is 1.00 bits per heavy atom. The van der Waals surface area contributed by atoms with Crippen LogP contribution in [0.5, 0.6) is 0 Å². The van der Waals surface area contributed by atoms with Crippen molar-refractivity contribution in [1.29, 1.82) is 0 Å². The van der Waals surface area contributed by atoms with Crippen LogP contribution >= 0.6 is 23.2 Å². The Balaban J connectivity index is 1.54. The summed E-state index contributed by atoms with van der Waals surface area (Å²) in [7, 11) is 0. The Hall–Kier alpha value is -2.42. The largest absolute Gasteiger partial charge is 0.354 e. The lowest BCUT2D eigenvalue weighted by Gasteiger charge is -2.39. The molecular formula is C22H23Cl2N4O3+. The molecule has 1 aliphatic rings. The monoisotopic (exact) mass is 461 g/mol. The maximum Gasteiger partial charge on any atom is 0.282 e. The maximum atomic E-state index is 12.9. The van der Waals surface area contributed by atoms with Crippen molar-refractivity contribution >= 4 is 34.8 Å². The second-order valence-electron chi connectivity index (χ2n) is 7.46. The van der Waals surface area contributed by atoms with Crippen molar-refractivity contribution in [1.82, 2.24) is 15.0 Å². The summed E-state index contributed by atoms with van der Waals surface area (Å²) in [6, 6.07) is 15.7. The third kappa shape index (κ3) is 4.61. The van der Waals surface area contributed by atoms with Gasteiger partial charge in [0.25, 0.3) is 5.91 Å². The molecule has 1 fully saturated rings. The highest BCUT2D eigenvalue weighted by Gasteiger charge is 2.32. The van der Waals surface area contributed by atoms with Crippen molar-refractivity contribution in [2.45, 2.75) is 13.0 Å². The number of amides is 1. The van der Waals surface area contributed by atoms with Crippen molar-refractivity contribution in [3.63, 3.8) is 0 Å². The predicted molar refractivity (Wildman–Crippen MR) is 117 cm³/mol. The zero-order valence-electron chi connectivity index (χ0n) is 17.0. The highest BCUT2D eigenvalue weighted by Crippen LogP contribution is 2.31. The average molecular weight is 462 g/mol. The van der Waals surface area contributed by atoms with Gasteiger partial charge in [-0.1, -0.05) is 52.6 Å². The van der Waals surface area contributed by atoms with Crippen LogP contribution in [-0.4, -0.2) is 52.2 Å². The Labute approximate surface area is 190 Å². The Morgan fingerprint density at radius 3 is 2.00 bits per heavy atom. The molecular weight excluding hydrogens is 439 g/mol. The Bertz CT molecular complexity index is 1000. The number of carbonyl (C=O) groups excluding carboxylic acids is 1. The van der Waals surface area contributed by atoms with Crippen LogP contribution in [0.3, 0.4) is 0 Å². The van der Waals surface area contributed by atoms with E-state index >= 15 is 0 Å². The molecule has 0 unspecified atom stereocenters. The zero-order valence-corrected chi connectivity index (χ0v) is 18.5. The molecule has 1 saturated heterocycles. The number of hydrogen-bond acceptors (Lipinski definition) is 5. The number of quaternary nitrogens is 1. The molecule has 162 valence electrons. The van der Waals surface area contributed by atoms with E-state index in [2.05, 4.69) is 10.1 Å². The van der Waals surface area contributed by atoms with Crippen molar-refractivity contribution in [3.05, 3.63) is 81.2 Å². The van der Waals surface area contributed by atoms with E-state index in [1.165, 1.54) is 0 Å². The number of nitrogens with zero attached hydrogens (tertiary/aromatic N) is 3. The number of aryl methyl sites for hydroxylation is 1. The van der Waals surface area contributed by atoms with Gasteiger partial charge in [0, 0.05) is 43.1 Å². The van der Waals surface area contributed by atoms with Crippen LogP contribution in [0.1, 0.15) is 33.4 Å². The number of benzene rings is 2. The van der Waals surface area contributed by atoms with E-state index in [0.717, 1.165) is 16.6 Å². The number of halogens is 2. The zero-order chi connectivity index (χ0) is 22.0. The van der Waals surface area contributed by atoms with Crippen molar-refractivity contribution in [3.8, 4) is 0 Å². The number of piperazine rings is 1. The first-order valence-corrected chi connectivity index (χ1v) is 10.7.